The van der Waals surface area contributed by atoms with Crippen LogP contribution in [0.25, 0.3) is 0 Å². The lowest BCUT2D eigenvalue weighted by Gasteiger charge is -2.25. The van der Waals surface area contributed by atoms with Gasteiger partial charge < -0.3 is 9.88 Å². The number of aromatic nitrogens is 2. The molecule has 0 spiro atoms. The Morgan fingerprint density at radius 1 is 1.69 bits per heavy atom. The molecule has 1 saturated heterocycles. The Morgan fingerprint density at radius 2 is 2.62 bits per heavy atom. The van der Waals surface area contributed by atoms with Crippen molar-refractivity contribution in [3.05, 3.63) is 18.2 Å². The van der Waals surface area contributed by atoms with Crippen LogP contribution in [0, 0.1) is 0 Å². The van der Waals surface area contributed by atoms with Crippen LogP contribution in [0.2, 0.25) is 0 Å². The second kappa shape index (κ2) is 3.92. The molecule has 1 N–H and O–H groups in total. The first-order valence-electron chi connectivity index (χ1n) is 5.14. The van der Waals surface area contributed by atoms with Crippen LogP contribution in [-0.2, 0) is 6.42 Å². The summed E-state index contributed by atoms with van der Waals surface area (Å²) in [5.41, 5.74) is 0. The van der Waals surface area contributed by atoms with Gasteiger partial charge in [0, 0.05) is 31.4 Å². The third-order valence-electron chi connectivity index (χ3n) is 2.73. The highest BCUT2D eigenvalue weighted by Gasteiger charge is 2.16. The molecule has 0 amide bonds. The quantitative estimate of drug-likeness (QED) is 0.743. The summed E-state index contributed by atoms with van der Waals surface area (Å²) in [6.45, 7) is 4.44. The van der Waals surface area contributed by atoms with Crippen molar-refractivity contribution < 1.29 is 0 Å². The second-order valence-corrected chi connectivity index (χ2v) is 3.60. The van der Waals surface area contributed by atoms with Gasteiger partial charge >= 0.3 is 0 Å². The van der Waals surface area contributed by atoms with E-state index in [4.69, 9.17) is 0 Å². The van der Waals surface area contributed by atoms with E-state index in [1.807, 2.05) is 6.20 Å². The van der Waals surface area contributed by atoms with Crippen LogP contribution < -0.4 is 5.32 Å². The molecule has 1 aliphatic rings. The standard InChI is InChI=1S/C10H17N3/c1-2-10-12-6-7-13(10)9-4-3-5-11-8-9/h6-7,9,11H,2-5,8H2,1H3. The summed E-state index contributed by atoms with van der Waals surface area (Å²) in [5, 5.41) is 3.43. The van der Waals surface area contributed by atoms with E-state index in [2.05, 4.69) is 28.0 Å². The minimum absolute atomic E-state index is 0.631. The molecule has 13 heavy (non-hydrogen) atoms. The van der Waals surface area contributed by atoms with Crippen LogP contribution in [0.3, 0.4) is 0 Å². The van der Waals surface area contributed by atoms with Gasteiger partial charge in [-0.25, -0.2) is 4.98 Å². The minimum atomic E-state index is 0.631. The largest absolute Gasteiger partial charge is 0.331 e. The summed E-state index contributed by atoms with van der Waals surface area (Å²) < 4.78 is 2.33. The average molecular weight is 179 g/mol. The molecule has 1 fully saturated rings. The van der Waals surface area contributed by atoms with Crippen molar-refractivity contribution in [1.82, 2.24) is 14.9 Å². The van der Waals surface area contributed by atoms with Crippen LogP contribution >= 0.6 is 0 Å². The maximum atomic E-state index is 4.35. The van der Waals surface area contributed by atoms with E-state index in [0.29, 0.717) is 6.04 Å². The summed E-state index contributed by atoms with van der Waals surface area (Å²) in [7, 11) is 0. The van der Waals surface area contributed by atoms with Gasteiger partial charge in [0.1, 0.15) is 5.82 Å². The fourth-order valence-corrected chi connectivity index (χ4v) is 2.02. The molecule has 72 valence electrons. The van der Waals surface area contributed by atoms with Gasteiger partial charge in [0.05, 0.1) is 0 Å². The summed E-state index contributed by atoms with van der Waals surface area (Å²) >= 11 is 0. The molecule has 1 unspecified atom stereocenters. The summed E-state index contributed by atoms with van der Waals surface area (Å²) in [6, 6.07) is 0.631. The topological polar surface area (TPSA) is 29.9 Å². The number of piperidine rings is 1. The van der Waals surface area contributed by atoms with Crippen molar-refractivity contribution in [2.24, 2.45) is 0 Å². The molecule has 2 rings (SSSR count). The van der Waals surface area contributed by atoms with Gasteiger partial charge in [0.2, 0.25) is 0 Å². The third-order valence-corrected chi connectivity index (χ3v) is 2.73. The highest BCUT2D eigenvalue weighted by molar-refractivity contribution is 4.96. The van der Waals surface area contributed by atoms with Crippen molar-refractivity contribution in [2.45, 2.75) is 32.2 Å². The molecular weight excluding hydrogens is 162 g/mol. The first-order valence-corrected chi connectivity index (χ1v) is 5.14. The first kappa shape index (κ1) is 8.75. The smallest absolute Gasteiger partial charge is 0.108 e. The zero-order chi connectivity index (χ0) is 9.10. The lowest BCUT2D eigenvalue weighted by Crippen LogP contribution is -2.32. The van der Waals surface area contributed by atoms with Crippen molar-refractivity contribution in [1.29, 1.82) is 0 Å². The highest BCUT2D eigenvalue weighted by Crippen LogP contribution is 2.18. The van der Waals surface area contributed by atoms with Crippen LogP contribution in [-0.4, -0.2) is 22.6 Å². The Bertz CT molecular complexity index is 261. The minimum Gasteiger partial charge on any atom is -0.331 e. The Kier molecular flexibility index (Phi) is 2.64. The molecule has 1 atom stereocenters. The molecule has 1 aromatic rings. The number of aryl methyl sites for hydroxylation is 1. The number of nitrogens with zero attached hydrogens (tertiary/aromatic N) is 2. The Hall–Kier alpha value is -0.830. The zero-order valence-corrected chi connectivity index (χ0v) is 8.16. The van der Waals surface area contributed by atoms with Crippen molar-refractivity contribution in [3.8, 4) is 0 Å². The Morgan fingerprint density at radius 3 is 3.31 bits per heavy atom. The van der Waals surface area contributed by atoms with Crippen molar-refractivity contribution in [3.63, 3.8) is 0 Å². The van der Waals surface area contributed by atoms with Crippen molar-refractivity contribution >= 4 is 0 Å². The number of rotatable bonds is 2. The monoisotopic (exact) mass is 179 g/mol. The molecule has 3 heteroatoms. The van der Waals surface area contributed by atoms with Crippen LogP contribution in [0.5, 0.6) is 0 Å². The van der Waals surface area contributed by atoms with Crippen LogP contribution in [0.15, 0.2) is 12.4 Å². The SMILES string of the molecule is CCc1nccn1C1CCCNC1. The van der Waals surface area contributed by atoms with Gasteiger partial charge in [0.15, 0.2) is 0 Å². The number of imidazole rings is 1. The summed E-state index contributed by atoms with van der Waals surface area (Å²) in [4.78, 5) is 4.35. The van der Waals surface area contributed by atoms with E-state index in [1.165, 1.54) is 25.2 Å². The fraction of sp³-hybridized carbons (Fsp3) is 0.700. The number of hydrogen-bond acceptors (Lipinski definition) is 2. The van der Waals surface area contributed by atoms with E-state index in [9.17, 15) is 0 Å². The molecule has 3 nitrogen and oxygen atoms in total. The first-order chi connectivity index (χ1) is 6.42. The van der Waals surface area contributed by atoms with Crippen molar-refractivity contribution in [2.75, 3.05) is 13.1 Å². The molecular formula is C10H17N3. The van der Waals surface area contributed by atoms with E-state index >= 15 is 0 Å². The average Bonchev–Trinajstić information content (AvgIpc) is 2.67. The maximum absolute atomic E-state index is 4.35. The Labute approximate surface area is 79.2 Å². The van der Waals surface area contributed by atoms with E-state index in [0.717, 1.165) is 13.0 Å². The van der Waals surface area contributed by atoms with Crippen LogP contribution in [0.4, 0.5) is 0 Å². The second-order valence-electron chi connectivity index (χ2n) is 3.60. The Balaban J connectivity index is 2.13. The molecule has 1 aliphatic heterocycles. The third kappa shape index (κ3) is 1.75. The molecule has 2 heterocycles. The van der Waals surface area contributed by atoms with Gasteiger partial charge in [0.25, 0.3) is 0 Å². The molecule has 0 aliphatic carbocycles. The maximum Gasteiger partial charge on any atom is 0.108 e. The number of hydrogen-bond donors (Lipinski definition) is 1. The van der Waals surface area contributed by atoms with Gasteiger partial charge in [-0.2, -0.15) is 0 Å². The highest BCUT2D eigenvalue weighted by atomic mass is 15.1. The van der Waals surface area contributed by atoms with E-state index in [-0.39, 0.29) is 0 Å². The zero-order valence-electron chi connectivity index (χ0n) is 8.16. The molecule has 0 bridgehead atoms. The molecule has 0 radical (unpaired) electrons. The van der Waals surface area contributed by atoms with Gasteiger partial charge in [-0.1, -0.05) is 6.92 Å². The lowest BCUT2D eigenvalue weighted by atomic mass is 10.1. The number of nitrogens with one attached hydrogen (secondary N) is 1. The van der Waals surface area contributed by atoms with Gasteiger partial charge in [-0.3, -0.25) is 0 Å². The fourth-order valence-electron chi connectivity index (χ4n) is 2.02. The predicted octanol–water partition coefficient (Wildman–Crippen LogP) is 1.37. The molecule has 1 aromatic heterocycles. The molecule has 0 saturated carbocycles. The molecule has 0 aromatic carbocycles. The predicted molar refractivity (Wildman–Crippen MR) is 52.7 cm³/mol. The van der Waals surface area contributed by atoms with Gasteiger partial charge in [-0.15, -0.1) is 0 Å². The summed E-state index contributed by atoms with van der Waals surface area (Å²) in [6.07, 6.45) is 7.62. The lowest BCUT2D eigenvalue weighted by molar-refractivity contribution is 0.364. The summed E-state index contributed by atoms with van der Waals surface area (Å²) in [5.74, 6) is 1.22. The van der Waals surface area contributed by atoms with E-state index in [1.54, 1.807) is 0 Å². The van der Waals surface area contributed by atoms with Gasteiger partial charge in [-0.05, 0) is 19.4 Å². The van der Waals surface area contributed by atoms with E-state index < -0.39 is 0 Å². The normalized spacial score (nSPS) is 23.3. The van der Waals surface area contributed by atoms with Crippen LogP contribution in [0.1, 0.15) is 31.6 Å².